The van der Waals surface area contributed by atoms with Gasteiger partial charge in [-0.05, 0) is 23.8 Å². The summed E-state index contributed by atoms with van der Waals surface area (Å²) < 4.78 is 0. The summed E-state index contributed by atoms with van der Waals surface area (Å²) in [6.45, 7) is 3.25. The minimum absolute atomic E-state index is 0. The average Bonchev–Trinajstić information content (AvgIpc) is 2.94. The van der Waals surface area contributed by atoms with Gasteiger partial charge in [0.1, 0.15) is 0 Å². The van der Waals surface area contributed by atoms with Crippen molar-refractivity contribution in [3.8, 4) is 11.3 Å². The Hall–Kier alpha value is -1.46. The molecule has 3 rings (SSSR count). The van der Waals surface area contributed by atoms with Crippen molar-refractivity contribution in [3.05, 3.63) is 54.2 Å². The van der Waals surface area contributed by atoms with Crippen molar-refractivity contribution in [2.45, 2.75) is 12.6 Å². The first-order valence-electron chi connectivity index (χ1n) is 7.43. The summed E-state index contributed by atoms with van der Waals surface area (Å²) in [4.78, 5) is 4.38. The fourth-order valence-electron chi connectivity index (χ4n) is 2.70. The number of halogens is 1. The van der Waals surface area contributed by atoms with E-state index in [1.54, 1.807) is 0 Å². The van der Waals surface area contributed by atoms with Crippen LogP contribution >= 0.6 is 12.4 Å². The van der Waals surface area contributed by atoms with E-state index in [-0.39, 0.29) is 18.5 Å². The van der Waals surface area contributed by atoms with Crippen molar-refractivity contribution >= 4 is 12.4 Å². The molecule has 0 amide bonds. The standard InChI is InChI=1S/C17H21N3O.ClH/c21-17-12-19-11-15(17)10-18-9-13-4-3-5-14(8-13)16-6-1-2-7-20-16;/h1-8,15,17-19,21H,9-12H2;1H. The van der Waals surface area contributed by atoms with Crippen LogP contribution in [0.1, 0.15) is 5.56 Å². The van der Waals surface area contributed by atoms with Gasteiger partial charge in [0.2, 0.25) is 0 Å². The molecule has 0 aliphatic carbocycles. The summed E-state index contributed by atoms with van der Waals surface area (Å²) in [5.74, 6) is 0.309. The van der Waals surface area contributed by atoms with E-state index in [4.69, 9.17) is 0 Å². The molecule has 5 heteroatoms. The van der Waals surface area contributed by atoms with Crippen LogP contribution in [0.25, 0.3) is 11.3 Å². The van der Waals surface area contributed by atoms with Crippen molar-refractivity contribution in [3.63, 3.8) is 0 Å². The molecular weight excluding hydrogens is 298 g/mol. The highest BCUT2D eigenvalue weighted by Gasteiger charge is 2.23. The fraction of sp³-hybridized carbons (Fsp3) is 0.353. The van der Waals surface area contributed by atoms with E-state index in [2.05, 4.69) is 39.9 Å². The molecule has 2 heterocycles. The van der Waals surface area contributed by atoms with Crippen LogP contribution in [0.4, 0.5) is 0 Å². The maximum absolute atomic E-state index is 9.77. The molecule has 1 fully saturated rings. The van der Waals surface area contributed by atoms with Gasteiger partial charge in [-0.15, -0.1) is 12.4 Å². The van der Waals surface area contributed by atoms with Crippen molar-refractivity contribution in [1.82, 2.24) is 15.6 Å². The maximum Gasteiger partial charge on any atom is 0.0716 e. The van der Waals surface area contributed by atoms with E-state index in [0.29, 0.717) is 12.5 Å². The van der Waals surface area contributed by atoms with Crippen molar-refractivity contribution in [2.24, 2.45) is 5.92 Å². The second-order valence-electron chi connectivity index (χ2n) is 5.53. The highest BCUT2D eigenvalue weighted by atomic mass is 35.5. The maximum atomic E-state index is 9.77. The van der Waals surface area contributed by atoms with Crippen LogP contribution in [-0.4, -0.2) is 35.8 Å². The van der Waals surface area contributed by atoms with Crippen LogP contribution < -0.4 is 10.6 Å². The number of aliphatic hydroxyl groups excluding tert-OH is 1. The third-order valence-corrected chi connectivity index (χ3v) is 3.93. The van der Waals surface area contributed by atoms with Gasteiger partial charge in [0, 0.05) is 43.9 Å². The molecule has 0 radical (unpaired) electrons. The quantitative estimate of drug-likeness (QED) is 0.787. The Balaban J connectivity index is 0.00000176. The summed E-state index contributed by atoms with van der Waals surface area (Å²) >= 11 is 0. The third kappa shape index (κ3) is 4.27. The highest BCUT2D eigenvalue weighted by molar-refractivity contribution is 5.85. The van der Waals surface area contributed by atoms with E-state index in [1.807, 2.05) is 24.4 Å². The molecule has 1 aliphatic rings. The molecule has 1 aromatic heterocycles. The number of nitrogens with zero attached hydrogens (tertiary/aromatic N) is 1. The van der Waals surface area contributed by atoms with E-state index < -0.39 is 0 Å². The zero-order valence-corrected chi connectivity index (χ0v) is 13.2. The smallest absolute Gasteiger partial charge is 0.0716 e. The first-order chi connectivity index (χ1) is 10.3. The molecule has 0 bridgehead atoms. The highest BCUT2D eigenvalue weighted by Crippen LogP contribution is 2.17. The van der Waals surface area contributed by atoms with Crippen molar-refractivity contribution in [2.75, 3.05) is 19.6 Å². The average molecular weight is 320 g/mol. The van der Waals surface area contributed by atoms with E-state index >= 15 is 0 Å². The SMILES string of the molecule is Cl.OC1CNCC1CNCc1cccc(-c2ccccn2)c1. The second-order valence-corrected chi connectivity index (χ2v) is 5.53. The van der Waals surface area contributed by atoms with Gasteiger partial charge >= 0.3 is 0 Å². The molecule has 2 aromatic rings. The Kier molecular flexibility index (Phi) is 6.34. The lowest BCUT2D eigenvalue weighted by atomic mass is 10.1. The lowest BCUT2D eigenvalue weighted by Gasteiger charge is -2.14. The Morgan fingerprint density at radius 3 is 2.82 bits per heavy atom. The molecule has 22 heavy (non-hydrogen) atoms. The Morgan fingerprint density at radius 1 is 1.18 bits per heavy atom. The Labute approximate surface area is 137 Å². The van der Waals surface area contributed by atoms with Gasteiger partial charge in [-0.25, -0.2) is 0 Å². The number of aliphatic hydroxyl groups is 1. The number of hydrogen-bond acceptors (Lipinski definition) is 4. The van der Waals surface area contributed by atoms with E-state index in [0.717, 1.165) is 30.9 Å². The van der Waals surface area contributed by atoms with Gasteiger partial charge < -0.3 is 15.7 Å². The first-order valence-corrected chi connectivity index (χ1v) is 7.43. The molecule has 1 saturated heterocycles. The lowest BCUT2D eigenvalue weighted by molar-refractivity contribution is 0.146. The molecule has 0 saturated carbocycles. The minimum Gasteiger partial charge on any atom is -0.391 e. The van der Waals surface area contributed by atoms with Gasteiger partial charge in [-0.3, -0.25) is 4.98 Å². The van der Waals surface area contributed by atoms with E-state index in [9.17, 15) is 5.11 Å². The normalized spacial score (nSPS) is 20.6. The lowest BCUT2D eigenvalue weighted by Crippen LogP contribution is -2.30. The third-order valence-electron chi connectivity index (χ3n) is 3.93. The van der Waals surface area contributed by atoms with Gasteiger partial charge in [-0.2, -0.15) is 0 Å². The van der Waals surface area contributed by atoms with Crippen LogP contribution in [0.15, 0.2) is 48.7 Å². The van der Waals surface area contributed by atoms with Crippen molar-refractivity contribution < 1.29 is 5.11 Å². The number of pyridine rings is 1. The number of β-amino-alcohol motifs (C(OH)–C–C–N with tert-alkyl or cyclic N) is 1. The summed E-state index contributed by atoms with van der Waals surface area (Å²) in [6.07, 6.45) is 1.59. The Bertz CT molecular complexity index is 579. The largest absolute Gasteiger partial charge is 0.391 e. The zero-order chi connectivity index (χ0) is 14.5. The van der Waals surface area contributed by atoms with Gasteiger partial charge in [0.15, 0.2) is 0 Å². The fourth-order valence-corrected chi connectivity index (χ4v) is 2.70. The van der Waals surface area contributed by atoms with Gasteiger partial charge in [0.25, 0.3) is 0 Å². The summed E-state index contributed by atoms with van der Waals surface area (Å²) in [6, 6.07) is 14.4. The Morgan fingerprint density at radius 2 is 2.09 bits per heavy atom. The monoisotopic (exact) mass is 319 g/mol. The molecule has 2 atom stereocenters. The van der Waals surface area contributed by atoms with Gasteiger partial charge in [-0.1, -0.05) is 24.3 Å². The topological polar surface area (TPSA) is 57.2 Å². The van der Waals surface area contributed by atoms with Gasteiger partial charge in [0.05, 0.1) is 11.8 Å². The summed E-state index contributed by atoms with van der Waals surface area (Å²) in [5, 5.41) is 16.4. The number of nitrogens with one attached hydrogen (secondary N) is 2. The number of aromatic nitrogens is 1. The molecule has 3 N–H and O–H groups in total. The summed E-state index contributed by atoms with van der Waals surface area (Å²) in [7, 11) is 0. The predicted molar refractivity (Wildman–Crippen MR) is 91.0 cm³/mol. The number of benzene rings is 1. The zero-order valence-electron chi connectivity index (χ0n) is 12.4. The molecule has 4 nitrogen and oxygen atoms in total. The molecule has 118 valence electrons. The minimum atomic E-state index is -0.225. The molecule has 1 aliphatic heterocycles. The molecule has 2 unspecified atom stereocenters. The van der Waals surface area contributed by atoms with Crippen molar-refractivity contribution in [1.29, 1.82) is 0 Å². The number of hydrogen-bond donors (Lipinski definition) is 3. The molecule has 1 aromatic carbocycles. The van der Waals surface area contributed by atoms with Crippen LogP contribution in [0, 0.1) is 5.92 Å². The molecule has 0 spiro atoms. The first kappa shape index (κ1) is 16.9. The summed E-state index contributed by atoms with van der Waals surface area (Å²) in [5.41, 5.74) is 3.37. The van der Waals surface area contributed by atoms with Crippen LogP contribution in [0.5, 0.6) is 0 Å². The second kappa shape index (κ2) is 8.25. The van der Waals surface area contributed by atoms with E-state index in [1.165, 1.54) is 5.56 Å². The molecular formula is C17H22ClN3O. The van der Waals surface area contributed by atoms with Crippen LogP contribution in [0.2, 0.25) is 0 Å². The van der Waals surface area contributed by atoms with Crippen LogP contribution in [-0.2, 0) is 6.54 Å². The number of rotatable bonds is 5. The van der Waals surface area contributed by atoms with Crippen LogP contribution in [0.3, 0.4) is 0 Å². The predicted octanol–water partition coefficient (Wildman–Crippen LogP) is 1.84.